The maximum Gasteiger partial charge on any atom is 0.254 e. The Morgan fingerprint density at radius 3 is 2.65 bits per heavy atom. The molecule has 0 aromatic heterocycles. The smallest absolute Gasteiger partial charge is 0.254 e. The summed E-state index contributed by atoms with van der Waals surface area (Å²) in [6.07, 6.45) is 1.46. The van der Waals surface area contributed by atoms with Crippen molar-refractivity contribution < 1.29 is 14.0 Å². The Balaban J connectivity index is 2.23. The number of carbonyl (C=O) groups is 2. The molecule has 1 aromatic carbocycles. The van der Waals surface area contributed by atoms with Crippen LogP contribution in [0.3, 0.4) is 0 Å². The van der Waals surface area contributed by atoms with Crippen molar-refractivity contribution in [1.82, 2.24) is 9.80 Å². The average molecular weight is 278 g/mol. The van der Waals surface area contributed by atoms with Crippen LogP contribution in [0.15, 0.2) is 18.2 Å². The number of amides is 2. The molecule has 0 spiro atoms. The summed E-state index contributed by atoms with van der Waals surface area (Å²) in [5.74, 6) is -0.754. The Labute approximate surface area is 118 Å². The number of halogens is 1. The lowest BCUT2D eigenvalue weighted by Crippen LogP contribution is -2.45. The third-order valence-corrected chi connectivity index (χ3v) is 3.66. The van der Waals surface area contributed by atoms with Gasteiger partial charge in [-0.05, 0) is 37.5 Å². The van der Waals surface area contributed by atoms with Crippen LogP contribution in [-0.2, 0) is 4.79 Å². The fraction of sp³-hybridized carbons (Fsp3) is 0.467. The summed E-state index contributed by atoms with van der Waals surface area (Å²) in [7, 11) is 3.35. The monoisotopic (exact) mass is 278 g/mol. The second kappa shape index (κ2) is 5.61. The Bertz CT molecular complexity index is 543. The molecule has 1 heterocycles. The second-order valence-electron chi connectivity index (χ2n) is 5.35. The van der Waals surface area contributed by atoms with E-state index >= 15 is 0 Å². The maximum absolute atomic E-state index is 13.6. The standard InChI is InChI=1S/C15H19FN2O2/c1-10-6-7-11(9-12(10)16)14(19)18-8-4-5-13(18)15(20)17(2)3/h6-7,9,13H,4-5,8H2,1-3H3. The Kier molecular flexibility index (Phi) is 4.06. The van der Waals surface area contributed by atoms with Gasteiger partial charge in [0.05, 0.1) is 0 Å². The van der Waals surface area contributed by atoms with Crippen molar-refractivity contribution in [1.29, 1.82) is 0 Å². The number of aryl methyl sites for hydroxylation is 1. The van der Waals surface area contributed by atoms with Crippen LogP contribution in [-0.4, -0.2) is 48.3 Å². The third kappa shape index (κ3) is 2.66. The number of likely N-dealkylation sites (N-methyl/N-ethyl adjacent to an activating group) is 1. The van der Waals surface area contributed by atoms with E-state index < -0.39 is 11.9 Å². The van der Waals surface area contributed by atoms with Crippen LogP contribution in [0.1, 0.15) is 28.8 Å². The molecule has 0 N–H and O–H groups in total. The highest BCUT2D eigenvalue weighted by molar-refractivity contribution is 5.97. The minimum absolute atomic E-state index is 0.0802. The molecule has 1 aliphatic heterocycles. The van der Waals surface area contributed by atoms with Crippen molar-refractivity contribution in [3.8, 4) is 0 Å². The fourth-order valence-electron chi connectivity index (χ4n) is 2.46. The van der Waals surface area contributed by atoms with Gasteiger partial charge in [0.2, 0.25) is 5.91 Å². The number of hydrogen-bond donors (Lipinski definition) is 0. The summed E-state index contributed by atoms with van der Waals surface area (Å²) >= 11 is 0. The molecule has 1 fully saturated rings. The van der Waals surface area contributed by atoms with E-state index in [1.54, 1.807) is 38.1 Å². The molecular weight excluding hydrogens is 259 g/mol. The zero-order chi connectivity index (χ0) is 14.9. The second-order valence-corrected chi connectivity index (χ2v) is 5.35. The van der Waals surface area contributed by atoms with E-state index in [9.17, 15) is 14.0 Å². The Morgan fingerprint density at radius 1 is 1.35 bits per heavy atom. The van der Waals surface area contributed by atoms with Crippen LogP contribution in [0.5, 0.6) is 0 Å². The van der Waals surface area contributed by atoms with E-state index in [-0.39, 0.29) is 11.8 Å². The van der Waals surface area contributed by atoms with Gasteiger partial charge >= 0.3 is 0 Å². The van der Waals surface area contributed by atoms with E-state index in [0.29, 0.717) is 24.1 Å². The molecule has 2 amide bonds. The average Bonchev–Trinajstić information content (AvgIpc) is 2.89. The SMILES string of the molecule is Cc1ccc(C(=O)N2CCCC2C(=O)N(C)C)cc1F. The van der Waals surface area contributed by atoms with Crippen molar-refractivity contribution in [2.45, 2.75) is 25.8 Å². The van der Waals surface area contributed by atoms with Gasteiger partial charge < -0.3 is 9.80 Å². The van der Waals surface area contributed by atoms with E-state index in [1.165, 1.54) is 11.0 Å². The molecule has 0 saturated carbocycles. The van der Waals surface area contributed by atoms with Crippen LogP contribution in [0.2, 0.25) is 0 Å². The molecule has 5 heteroatoms. The van der Waals surface area contributed by atoms with Crippen LogP contribution in [0.25, 0.3) is 0 Å². The maximum atomic E-state index is 13.6. The molecule has 2 rings (SSSR count). The van der Waals surface area contributed by atoms with Gasteiger partial charge in [-0.3, -0.25) is 9.59 Å². The zero-order valence-electron chi connectivity index (χ0n) is 12.0. The molecule has 1 saturated heterocycles. The van der Waals surface area contributed by atoms with Gasteiger partial charge in [0.15, 0.2) is 0 Å². The number of carbonyl (C=O) groups excluding carboxylic acids is 2. The van der Waals surface area contributed by atoms with E-state index in [0.717, 1.165) is 6.42 Å². The largest absolute Gasteiger partial charge is 0.347 e. The van der Waals surface area contributed by atoms with Crippen LogP contribution in [0.4, 0.5) is 4.39 Å². The summed E-state index contributed by atoms with van der Waals surface area (Å²) < 4.78 is 13.6. The number of benzene rings is 1. The van der Waals surface area contributed by atoms with E-state index in [2.05, 4.69) is 0 Å². The topological polar surface area (TPSA) is 40.6 Å². The van der Waals surface area contributed by atoms with Crippen molar-refractivity contribution in [3.63, 3.8) is 0 Å². The molecule has 1 aliphatic rings. The van der Waals surface area contributed by atoms with Gasteiger partial charge in [0.25, 0.3) is 5.91 Å². The Hall–Kier alpha value is -1.91. The minimum Gasteiger partial charge on any atom is -0.347 e. The first-order valence-corrected chi connectivity index (χ1v) is 6.70. The number of hydrogen-bond acceptors (Lipinski definition) is 2. The number of likely N-dealkylation sites (tertiary alicyclic amines) is 1. The fourth-order valence-corrected chi connectivity index (χ4v) is 2.46. The lowest BCUT2D eigenvalue weighted by Gasteiger charge is -2.26. The van der Waals surface area contributed by atoms with E-state index in [4.69, 9.17) is 0 Å². The van der Waals surface area contributed by atoms with Gasteiger partial charge in [-0.25, -0.2) is 4.39 Å². The highest BCUT2D eigenvalue weighted by atomic mass is 19.1. The predicted molar refractivity (Wildman–Crippen MR) is 73.9 cm³/mol. The summed E-state index contributed by atoms with van der Waals surface area (Å²) in [5, 5.41) is 0. The lowest BCUT2D eigenvalue weighted by molar-refractivity contribution is -0.132. The van der Waals surface area contributed by atoms with Crippen molar-refractivity contribution in [3.05, 3.63) is 35.1 Å². The predicted octanol–water partition coefficient (Wildman–Crippen LogP) is 1.83. The highest BCUT2D eigenvalue weighted by Crippen LogP contribution is 2.22. The molecule has 108 valence electrons. The van der Waals surface area contributed by atoms with Gasteiger partial charge in [-0.1, -0.05) is 6.07 Å². The lowest BCUT2D eigenvalue weighted by atomic mass is 10.1. The molecule has 0 bridgehead atoms. The summed E-state index contributed by atoms with van der Waals surface area (Å²) in [4.78, 5) is 27.5. The summed E-state index contributed by atoms with van der Waals surface area (Å²) in [6.45, 7) is 2.19. The molecule has 20 heavy (non-hydrogen) atoms. The van der Waals surface area contributed by atoms with Crippen molar-refractivity contribution >= 4 is 11.8 Å². The number of nitrogens with zero attached hydrogens (tertiary/aromatic N) is 2. The highest BCUT2D eigenvalue weighted by Gasteiger charge is 2.35. The van der Waals surface area contributed by atoms with Gasteiger partial charge in [0.1, 0.15) is 11.9 Å². The molecule has 1 aromatic rings. The van der Waals surface area contributed by atoms with Crippen molar-refractivity contribution in [2.24, 2.45) is 0 Å². The van der Waals surface area contributed by atoms with Crippen LogP contribution in [0, 0.1) is 12.7 Å². The first kappa shape index (κ1) is 14.5. The first-order valence-electron chi connectivity index (χ1n) is 6.70. The number of rotatable bonds is 2. The van der Waals surface area contributed by atoms with Crippen LogP contribution < -0.4 is 0 Å². The molecule has 0 aliphatic carbocycles. The molecular formula is C15H19FN2O2. The molecule has 1 atom stereocenters. The Morgan fingerprint density at radius 2 is 2.05 bits per heavy atom. The van der Waals surface area contributed by atoms with Crippen molar-refractivity contribution in [2.75, 3.05) is 20.6 Å². The summed E-state index contributed by atoms with van der Waals surface area (Å²) in [6, 6.07) is 4.01. The minimum atomic E-state index is -0.429. The summed E-state index contributed by atoms with van der Waals surface area (Å²) in [5.41, 5.74) is 0.801. The van der Waals surface area contributed by atoms with Gasteiger partial charge in [-0.2, -0.15) is 0 Å². The van der Waals surface area contributed by atoms with Gasteiger partial charge in [-0.15, -0.1) is 0 Å². The van der Waals surface area contributed by atoms with E-state index in [1.807, 2.05) is 0 Å². The first-order chi connectivity index (χ1) is 9.41. The molecule has 0 radical (unpaired) electrons. The zero-order valence-corrected chi connectivity index (χ0v) is 12.0. The quantitative estimate of drug-likeness (QED) is 0.828. The normalized spacial score (nSPS) is 18.2. The third-order valence-electron chi connectivity index (χ3n) is 3.66. The van der Waals surface area contributed by atoms with Crippen LogP contribution >= 0.6 is 0 Å². The van der Waals surface area contributed by atoms with Gasteiger partial charge in [0, 0.05) is 26.2 Å². The molecule has 4 nitrogen and oxygen atoms in total. The molecule has 1 unspecified atom stereocenters.